The molecule has 1 aliphatic rings. The van der Waals surface area contributed by atoms with Crippen molar-refractivity contribution < 1.29 is 32.3 Å². The summed E-state index contributed by atoms with van der Waals surface area (Å²) in [6, 6.07) is -1.16. The molecule has 20 heavy (non-hydrogen) atoms. The van der Waals surface area contributed by atoms with Gasteiger partial charge in [-0.1, -0.05) is 6.08 Å². The standard InChI is InChI=1S/C11H13F3N2O4/c1-6(7(17)20-3)4-5-16-8(18)10(2,11(12,13)14)15-9(16)19/h4H,5H2,1-3H3,(H,15,19). The second kappa shape index (κ2) is 5.14. The van der Waals surface area contributed by atoms with Gasteiger partial charge in [-0.2, -0.15) is 13.2 Å². The van der Waals surface area contributed by atoms with E-state index in [0.717, 1.165) is 13.2 Å². The predicted molar refractivity (Wildman–Crippen MR) is 60.5 cm³/mol. The molecule has 0 aliphatic carbocycles. The zero-order valence-corrected chi connectivity index (χ0v) is 11.0. The Kier molecular flexibility index (Phi) is 4.11. The van der Waals surface area contributed by atoms with Gasteiger partial charge in [0.1, 0.15) is 0 Å². The highest BCUT2D eigenvalue weighted by molar-refractivity contribution is 6.07. The summed E-state index contributed by atoms with van der Waals surface area (Å²) in [7, 11) is 1.13. The quantitative estimate of drug-likeness (QED) is 0.478. The molecule has 0 spiro atoms. The molecule has 9 heteroatoms. The van der Waals surface area contributed by atoms with Gasteiger partial charge in [0.05, 0.1) is 7.11 Å². The number of hydrogen-bond donors (Lipinski definition) is 1. The number of urea groups is 1. The second-order valence-electron chi connectivity index (χ2n) is 4.35. The summed E-state index contributed by atoms with van der Waals surface area (Å²) in [6.45, 7) is 1.49. The molecule has 1 fully saturated rings. The molecule has 1 saturated heterocycles. The molecule has 0 aromatic carbocycles. The number of methoxy groups -OCH3 is 1. The lowest BCUT2D eigenvalue weighted by atomic mass is 10.0. The molecule has 0 saturated carbocycles. The normalized spacial score (nSPS) is 23.9. The van der Waals surface area contributed by atoms with Crippen molar-refractivity contribution in [3.63, 3.8) is 0 Å². The highest BCUT2D eigenvalue weighted by Gasteiger charge is 2.64. The van der Waals surface area contributed by atoms with Gasteiger partial charge in [0.15, 0.2) is 0 Å². The number of amides is 3. The minimum atomic E-state index is -4.91. The lowest BCUT2D eigenvalue weighted by Gasteiger charge is -2.24. The van der Waals surface area contributed by atoms with Crippen LogP contribution >= 0.6 is 0 Å². The lowest BCUT2D eigenvalue weighted by Crippen LogP contribution is -2.56. The summed E-state index contributed by atoms with van der Waals surface area (Å²) < 4.78 is 42.7. The number of nitrogens with zero attached hydrogens (tertiary/aromatic N) is 1. The van der Waals surface area contributed by atoms with E-state index < -0.39 is 36.2 Å². The van der Waals surface area contributed by atoms with Crippen molar-refractivity contribution in [2.45, 2.75) is 25.6 Å². The van der Waals surface area contributed by atoms with Crippen LogP contribution in [0.1, 0.15) is 13.8 Å². The van der Waals surface area contributed by atoms with Crippen LogP contribution in [-0.2, 0) is 14.3 Å². The van der Waals surface area contributed by atoms with Gasteiger partial charge >= 0.3 is 18.2 Å². The third-order valence-corrected chi connectivity index (χ3v) is 2.93. The summed E-state index contributed by atoms with van der Waals surface area (Å²) in [5, 5.41) is 1.60. The molecule has 1 atom stereocenters. The predicted octanol–water partition coefficient (Wildman–Crippen LogP) is 0.978. The van der Waals surface area contributed by atoms with Crippen molar-refractivity contribution in [3.05, 3.63) is 11.6 Å². The van der Waals surface area contributed by atoms with Crippen molar-refractivity contribution in [3.8, 4) is 0 Å². The smallest absolute Gasteiger partial charge is 0.420 e. The molecule has 1 aliphatic heterocycles. The maximum atomic E-state index is 12.8. The highest BCUT2D eigenvalue weighted by atomic mass is 19.4. The van der Waals surface area contributed by atoms with Crippen LogP contribution in [0, 0.1) is 0 Å². The average molecular weight is 294 g/mol. The Balaban J connectivity index is 2.92. The molecule has 0 bridgehead atoms. The first-order chi connectivity index (χ1) is 9.04. The van der Waals surface area contributed by atoms with E-state index in [0.29, 0.717) is 11.8 Å². The molecule has 1 N–H and O–H groups in total. The highest BCUT2D eigenvalue weighted by Crippen LogP contribution is 2.35. The van der Waals surface area contributed by atoms with E-state index in [1.54, 1.807) is 5.32 Å². The summed E-state index contributed by atoms with van der Waals surface area (Å²) >= 11 is 0. The maximum Gasteiger partial charge on any atom is 0.420 e. The summed E-state index contributed by atoms with van der Waals surface area (Å²) in [6.07, 6.45) is -3.76. The van der Waals surface area contributed by atoms with Crippen molar-refractivity contribution in [1.29, 1.82) is 0 Å². The molecule has 0 aromatic rings. The lowest BCUT2D eigenvalue weighted by molar-refractivity contribution is -0.190. The monoisotopic (exact) mass is 294 g/mol. The number of halogens is 3. The van der Waals surface area contributed by atoms with E-state index in [4.69, 9.17) is 0 Å². The number of nitrogens with one attached hydrogen (secondary N) is 1. The van der Waals surface area contributed by atoms with Crippen molar-refractivity contribution in [2.75, 3.05) is 13.7 Å². The van der Waals surface area contributed by atoms with Gasteiger partial charge in [-0.25, -0.2) is 9.59 Å². The molecule has 0 radical (unpaired) electrons. The summed E-state index contributed by atoms with van der Waals surface area (Å²) in [5.74, 6) is -2.11. The number of ether oxygens (including phenoxy) is 1. The van der Waals surface area contributed by atoms with Crippen LogP contribution in [0.4, 0.5) is 18.0 Å². The van der Waals surface area contributed by atoms with Gasteiger partial charge in [0, 0.05) is 12.1 Å². The van der Waals surface area contributed by atoms with Crippen molar-refractivity contribution in [1.82, 2.24) is 10.2 Å². The molecule has 112 valence electrons. The number of alkyl halides is 3. The Labute approximate surface area is 112 Å². The van der Waals surface area contributed by atoms with Gasteiger partial charge in [-0.3, -0.25) is 9.69 Å². The molecule has 1 unspecified atom stereocenters. The third-order valence-electron chi connectivity index (χ3n) is 2.93. The molecule has 0 aromatic heterocycles. The van der Waals surface area contributed by atoms with Gasteiger partial charge in [0.25, 0.3) is 5.91 Å². The number of carbonyl (C=O) groups is 3. The Hall–Kier alpha value is -2.06. The minimum absolute atomic E-state index is 0.0775. The minimum Gasteiger partial charge on any atom is -0.466 e. The van der Waals surface area contributed by atoms with E-state index in [2.05, 4.69) is 4.74 Å². The fourth-order valence-electron chi connectivity index (χ4n) is 1.53. The summed E-state index contributed by atoms with van der Waals surface area (Å²) in [5.41, 5.74) is -2.87. The van der Waals surface area contributed by atoms with Crippen LogP contribution in [0.5, 0.6) is 0 Å². The molecular weight excluding hydrogens is 281 g/mol. The molecule has 1 heterocycles. The van der Waals surface area contributed by atoms with E-state index in [-0.39, 0.29) is 5.57 Å². The van der Waals surface area contributed by atoms with E-state index >= 15 is 0 Å². The van der Waals surface area contributed by atoms with Crippen LogP contribution in [0.15, 0.2) is 11.6 Å². The van der Waals surface area contributed by atoms with E-state index in [9.17, 15) is 27.6 Å². The number of rotatable bonds is 3. The second-order valence-corrected chi connectivity index (χ2v) is 4.35. The zero-order valence-electron chi connectivity index (χ0n) is 11.0. The Morgan fingerprint density at radius 3 is 2.40 bits per heavy atom. The fourth-order valence-corrected chi connectivity index (χ4v) is 1.53. The SMILES string of the molecule is COC(=O)C(C)=CCN1C(=O)NC(C)(C(F)(F)F)C1=O. The van der Waals surface area contributed by atoms with Gasteiger partial charge in [-0.15, -0.1) is 0 Å². The van der Waals surface area contributed by atoms with Crippen molar-refractivity contribution >= 4 is 17.9 Å². The summed E-state index contributed by atoms with van der Waals surface area (Å²) in [4.78, 5) is 34.6. The zero-order chi connectivity index (χ0) is 15.7. The maximum absolute atomic E-state index is 12.8. The van der Waals surface area contributed by atoms with Crippen LogP contribution in [0.25, 0.3) is 0 Å². The van der Waals surface area contributed by atoms with E-state index in [1.165, 1.54) is 6.92 Å². The van der Waals surface area contributed by atoms with Gasteiger partial charge in [-0.05, 0) is 13.8 Å². The Morgan fingerprint density at radius 1 is 1.45 bits per heavy atom. The first-order valence-corrected chi connectivity index (χ1v) is 5.50. The number of esters is 1. The van der Waals surface area contributed by atoms with Crippen LogP contribution < -0.4 is 5.32 Å². The number of imide groups is 1. The van der Waals surface area contributed by atoms with Crippen LogP contribution in [-0.4, -0.2) is 48.2 Å². The van der Waals surface area contributed by atoms with Gasteiger partial charge < -0.3 is 10.1 Å². The van der Waals surface area contributed by atoms with Crippen molar-refractivity contribution in [2.24, 2.45) is 0 Å². The number of carbonyl (C=O) groups excluding carboxylic acids is 3. The molecular formula is C11H13F3N2O4. The Morgan fingerprint density at radius 2 is 2.00 bits per heavy atom. The largest absolute Gasteiger partial charge is 0.466 e. The molecule has 6 nitrogen and oxygen atoms in total. The molecule has 3 amide bonds. The molecule has 1 rings (SSSR count). The third kappa shape index (κ3) is 2.61. The van der Waals surface area contributed by atoms with Gasteiger partial charge in [0.2, 0.25) is 5.54 Å². The van der Waals surface area contributed by atoms with Crippen LogP contribution in [0.3, 0.4) is 0 Å². The average Bonchev–Trinajstić information content (AvgIpc) is 2.57. The Bertz CT molecular complexity index is 487. The topological polar surface area (TPSA) is 75.7 Å². The fraction of sp³-hybridized carbons (Fsp3) is 0.545. The first-order valence-electron chi connectivity index (χ1n) is 5.50. The number of hydrogen-bond acceptors (Lipinski definition) is 4. The van der Waals surface area contributed by atoms with Crippen LogP contribution in [0.2, 0.25) is 0 Å². The first kappa shape index (κ1) is 16.0. The van der Waals surface area contributed by atoms with E-state index in [1.807, 2.05) is 0 Å².